The van der Waals surface area contributed by atoms with E-state index in [1.165, 1.54) is 6.92 Å². The summed E-state index contributed by atoms with van der Waals surface area (Å²) in [5, 5.41) is 16.4. The second kappa shape index (κ2) is 22.0. The van der Waals surface area contributed by atoms with Crippen LogP contribution in [0, 0.1) is 0 Å². The number of carbonyl (C=O) groups excluding carboxylic acids is 9. The Morgan fingerprint density at radius 1 is 0.450 bits per heavy atom. The quantitative estimate of drug-likeness (QED) is 0.116. The van der Waals surface area contributed by atoms with Crippen molar-refractivity contribution in [2.45, 2.75) is 161 Å². The fourth-order valence-corrected chi connectivity index (χ4v) is 6.76. The average molecular weight is 865 g/mol. The Kier molecular flexibility index (Phi) is 18.1. The summed E-state index contributed by atoms with van der Waals surface area (Å²) in [6.45, 7) is 9.62. The lowest BCUT2D eigenvalue weighted by atomic mass is 9.93. The van der Waals surface area contributed by atoms with Gasteiger partial charge < -0.3 is 72.6 Å². The summed E-state index contributed by atoms with van der Waals surface area (Å²) in [7, 11) is 0. The molecule has 3 fully saturated rings. The fraction of sp³-hybridized carbons (Fsp3) is 0.750. The van der Waals surface area contributed by atoms with Gasteiger partial charge in [-0.3, -0.25) is 43.2 Å². The fourth-order valence-electron chi connectivity index (χ4n) is 6.76. The normalized spacial score (nSPS) is 33.8. The second-order valence-corrected chi connectivity index (χ2v) is 13.9. The third-order valence-corrected chi connectivity index (χ3v) is 8.77. The monoisotopic (exact) mass is 864 g/mol. The molecule has 3 aliphatic heterocycles. The van der Waals surface area contributed by atoms with E-state index in [4.69, 9.17) is 56.8 Å². The van der Waals surface area contributed by atoms with Crippen molar-refractivity contribution in [1.82, 2.24) is 10.6 Å². The van der Waals surface area contributed by atoms with Gasteiger partial charge in [0.05, 0.1) is 6.10 Å². The molecule has 0 unspecified atom stereocenters. The summed E-state index contributed by atoms with van der Waals surface area (Å²) in [5.74, 6) is -7.55. The van der Waals surface area contributed by atoms with Crippen molar-refractivity contribution in [3.05, 3.63) is 0 Å². The first-order valence-electron chi connectivity index (χ1n) is 18.6. The molecule has 3 heterocycles. The van der Waals surface area contributed by atoms with Gasteiger partial charge in [-0.25, -0.2) is 0 Å². The Morgan fingerprint density at radius 2 is 0.867 bits per heavy atom. The number of amides is 2. The number of nitrogens with one attached hydrogen (secondary N) is 2. The average Bonchev–Trinajstić information content (AvgIpc) is 3.10. The SMILES string of the molecule is CC(=O)N[C@@H]1[C@@H](O[C@@H]2O[C@@H](C)[C@@H](OC(C)=O)[C@@H](OC(C)=O)[C@@H]2OC(C)=O)[C@H](O[C@@H]2O[C@H](COC(C)=O)[C@@H](OC(C)=O)[C@H](OC(C)=O)[C@H]2NC(C)=O)[C@@H](COC(C)=O)O[C@H]1O. The van der Waals surface area contributed by atoms with E-state index in [1.54, 1.807) is 0 Å². The van der Waals surface area contributed by atoms with Crippen LogP contribution in [-0.2, 0) is 100.0 Å². The molecule has 15 atom stereocenters. The predicted molar refractivity (Wildman–Crippen MR) is 190 cm³/mol. The van der Waals surface area contributed by atoms with Crippen LogP contribution in [0.2, 0.25) is 0 Å². The standard InChI is InChI=1S/C36H52N2O22/c1-13-27(52-18(6)43)32(55-21(9)46)33(56-22(10)47)36(51-13)60-30-25(37-14(2)39)34(48)57-23(11-49-16(4)41)29(30)59-35-26(38-15(3)40)31(54-20(8)45)28(53-19(7)44)24(58-35)12-50-17(5)42/h13,23-36,48H,11-12H2,1-10H3,(H,37,39)(H,38,40)/t13-,23+,24+,25+,26+,27+,28+,29+,30+,31+,32+,33-,34+,35-,36-/m0/s1. The highest BCUT2D eigenvalue weighted by Crippen LogP contribution is 2.36. The van der Waals surface area contributed by atoms with Crippen molar-refractivity contribution in [2.24, 2.45) is 0 Å². The maximum Gasteiger partial charge on any atom is 0.303 e. The van der Waals surface area contributed by atoms with Crippen LogP contribution in [0.25, 0.3) is 0 Å². The van der Waals surface area contributed by atoms with Gasteiger partial charge in [-0.2, -0.15) is 0 Å². The molecule has 60 heavy (non-hydrogen) atoms. The molecule has 3 rings (SSSR count). The van der Waals surface area contributed by atoms with Gasteiger partial charge in [-0.05, 0) is 6.92 Å². The number of aliphatic hydroxyl groups excluding tert-OH is 1. The lowest BCUT2D eigenvalue weighted by molar-refractivity contribution is -0.363. The maximum atomic E-state index is 12.7. The number of hydrogen-bond donors (Lipinski definition) is 3. The van der Waals surface area contributed by atoms with E-state index in [1.807, 2.05) is 0 Å². The summed E-state index contributed by atoms with van der Waals surface area (Å²) in [6.07, 6.45) is -21.1. The van der Waals surface area contributed by atoms with Crippen molar-refractivity contribution < 1.29 is 105 Å². The van der Waals surface area contributed by atoms with Crippen LogP contribution in [0.1, 0.15) is 69.2 Å². The van der Waals surface area contributed by atoms with Gasteiger partial charge in [0.25, 0.3) is 0 Å². The largest absolute Gasteiger partial charge is 0.463 e. The maximum absolute atomic E-state index is 12.7. The van der Waals surface area contributed by atoms with E-state index in [2.05, 4.69) is 10.6 Å². The third-order valence-electron chi connectivity index (χ3n) is 8.77. The first kappa shape index (κ1) is 49.4. The van der Waals surface area contributed by atoms with Crippen molar-refractivity contribution in [3.63, 3.8) is 0 Å². The van der Waals surface area contributed by atoms with Crippen LogP contribution in [0.5, 0.6) is 0 Å². The summed E-state index contributed by atoms with van der Waals surface area (Å²) >= 11 is 0. The van der Waals surface area contributed by atoms with Crippen LogP contribution in [0.15, 0.2) is 0 Å². The van der Waals surface area contributed by atoms with Crippen molar-refractivity contribution >= 4 is 53.6 Å². The van der Waals surface area contributed by atoms with Gasteiger partial charge in [0, 0.05) is 62.3 Å². The van der Waals surface area contributed by atoms with Crippen LogP contribution in [0.3, 0.4) is 0 Å². The Balaban J connectivity index is 2.28. The molecule has 338 valence electrons. The Hall–Kier alpha value is -5.01. The summed E-state index contributed by atoms with van der Waals surface area (Å²) in [6, 6.07) is -3.20. The molecule has 0 spiro atoms. The van der Waals surface area contributed by atoms with Gasteiger partial charge >= 0.3 is 41.8 Å². The van der Waals surface area contributed by atoms with E-state index in [9.17, 15) is 48.3 Å². The number of carbonyl (C=O) groups is 9. The van der Waals surface area contributed by atoms with E-state index in [0.717, 1.165) is 62.3 Å². The lowest BCUT2D eigenvalue weighted by Crippen LogP contribution is -2.71. The summed E-state index contributed by atoms with van der Waals surface area (Å²) in [5.41, 5.74) is 0. The van der Waals surface area contributed by atoms with Gasteiger partial charge in [0.1, 0.15) is 49.7 Å². The van der Waals surface area contributed by atoms with Gasteiger partial charge in [0.2, 0.25) is 11.8 Å². The molecule has 0 aromatic carbocycles. The Morgan fingerprint density at radius 3 is 1.35 bits per heavy atom. The smallest absolute Gasteiger partial charge is 0.303 e. The molecule has 2 amide bonds. The van der Waals surface area contributed by atoms with Gasteiger partial charge in [-0.1, -0.05) is 0 Å². The molecule has 0 bridgehead atoms. The van der Waals surface area contributed by atoms with Crippen LogP contribution < -0.4 is 10.6 Å². The highest BCUT2D eigenvalue weighted by molar-refractivity contribution is 5.74. The van der Waals surface area contributed by atoms with E-state index < -0.39 is 159 Å². The number of rotatable bonds is 15. The predicted octanol–water partition coefficient (Wildman–Crippen LogP) is -2.26. The number of esters is 7. The van der Waals surface area contributed by atoms with Crippen molar-refractivity contribution in [2.75, 3.05) is 13.2 Å². The van der Waals surface area contributed by atoms with Crippen molar-refractivity contribution in [1.29, 1.82) is 0 Å². The van der Waals surface area contributed by atoms with Crippen LogP contribution in [-0.4, -0.2) is 164 Å². The summed E-state index contributed by atoms with van der Waals surface area (Å²) < 4.78 is 68.7. The minimum atomic E-state index is -1.97. The molecule has 0 aliphatic carbocycles. The topological polar surface area (TPSA) is 309 Å². The van der Waals surface area contributed by atoms with Gasteiger partial charge in [-0.15, -0.1) is 0 Å². The van der Waals surface area contributed by atoms with Gasteiger partial charge in [0.15, 0.2) is 49.4 Å². The molecule has 0 aromatic rings. The van der Waals surface area contributed by atoms with Crippen LogP contribution in [0.4, 0.5) is 0 Å². The Bertz CT molecular complexity index is 1610. The number of hydrogen-bond acceptors (Lipinski definition) is 22. The molecular weight excluding hydrogens is 812 g/mol. The third kappa shape index (κ3) is 14.0. The number of ether oxygens (including phenoxy) is 12. The van der Waals surface area contributed by atoms with E-state index in [0.29, 0.717) is 0 Å². The highest BCUT2D eigenvalue weighted by atomic mass is 16.8. The lowest BCUT2D eigenvalue weighted by Gasteiger charge is -2.51. The highest BCUT2D eigenvalue weighted by Gasteiger charge is 2.58. The molecule has 3 aliphatic rings. The zero-order chi connectivity index (χ0) is 45.2. The van der Waals surface area contributed by atoms with E-state index >= 15 is 0 Å². The van der Waals surface area contributed by atoms with Crippen LogP contribution >= 0.6 is 0 Å². The second-order valence-electron chi connectivity index (χ2n) is 13.9. The molecule has 0 saturated carbocycles. The molecular formula is C36H52N2O22. The molecule has 24 heteroatoms. The first-order chi connectivity index (χ1) is 28.0. The molecule has 3 N–H and O–H groups in total. The molecule has 0 radical (unpaired) electrons. The zero-order valence-electron chi connectivity index (χ0n) is 34.6. The molecule has 24 nitrogen and oxygen atoms in total. The first-order valence-corrected chi connectivity index (χ1v) is 18.6. The number of aliphatic hydroxyl groups is 1. The Labute approximate surface area is 343 Å². The molecule has 0 aromatic heterocycles. The minimum Gasteiger partial charge on any atom is -0.463 e. The van der Waals surface area contributed by atoms with Crippen molar-refractivity contribution in [3.8, 4) is 0 Å². The molecule has 3 saturated heterocycles. The zero-order valence-corrected chi connectivity index (χ0v) is 34.6. The summed E-state index contributed by atoms with van der Waals surface area (Å²) in [4.78, 5) is 111. The minimum absolute atomic E-state index is 0.623. The van der Waals surface area contributed by atoms with E-state index in [-0.39, 0.29) is 0 Å².